The van der Waals surface area contributed by atoms with Crippen LogP contribution in [-0.4, -0.2) is 24.8 Å². The molecular formula is C12H20O3. The third kappa shape index (κ3) is 7.94. The third-order valence-corrected chi connectivity index (χ3v) is 2.12. The van der Waals surface area contributed by atoms with E-state index in [9.17, 15) is 4.79 Å². The van der Waals surface area contributed by atoms with Crippen LogP contribution in [-0.2, 0) is 9.53 Å². The molecule has 0 atom stereocenters. The van der Waals surface area contributed by atoms with Crippen molar-refractivity contribution in [2.75, 3.05) is 13.7 Å². The molecule has 0 aromatic carbocycles. The van der Waals surface area contributed by atoms with Crippen molar-refractivity contribution < 1.29 is 14.6 Å². The van der Waals surface area contributed by atoms with Crippen molar-refractivity contribution in [1.29, 1.82) is 0 Å². The van der Waals surface area contributed by atoms with Crippen molar-refractivity contribution in [1.82, 2.24) is 0 Å². The van der Waals surface area contributed by atoms with Gasteiger partial charge in [-0.3, -0.25) is 4.79 Å². The van der Waals surface area contributed by atoms with E-state index in [4.69, 9.17) is 5.11 Å². The number of allylic oxidation sites excluding steroid dienone is 2. The highest BCUT2D eigenvalue weighted by molar-refractivity contribution is 5.72. The summed E-state index contributed by atoms with van der Waals surface area (Å²) in [4.78, 5) is 10.9. The van der Waals surface area contributed by atoms with Crippen molar-refractivity contribution in [3.8, 4) is 0 Å². The fourth-order valence-corrected chi connectivity index (χ4v) is 1.18. The second-order valence-electron chi connectivity index (χ2n) is 3.58. The number of aliphatic hydroxyl groups excluding tert-OH is 1. The van der Waals surface area contributed by atoms with Crippen LogP contribution >= 0.6 is 0 Å². The smallest absolute Gasteiger partial charge is 0.309 e. The number of rotatable bonds is 6. The van der Waals surface area contributed by atoms with Gasteiger partial charge in [0.05, 0.1) is 20.1 Å². The molecule has 0 bridgehead atoms. The first kappa shape index (κ1) is 13.9. The molecule has 0 aliphatic heterocycles. The van der Waals surface area contributed by atoms with Gasteiger partial charge < -0.3 is 9.84 Å². The largest absolute Gasteiger partial charge is 0.469 e. The maximum Gasteiger partial charge on any atom is 0.309 e. The van der Waals surface area contributed by atoms with Gasteiger partial charge in [-0.2, -0.15) is 0 Å². The molecule has 0 spiro atoms. The summed E-state index contributed by atoms with van der Waals surface area (Å²) in [6.07, 6.45) is 6.00. The van der Waals surface area contributed by atoms with Gasteiger partial charge in [0.25, 0.3) is 0 Å². The van der Waals surface area contributed by atoms with Gasteiger partial charge in [0.1, 0.15) is 0 Å². The van der Waals surface area contributed by atoms with Crippen molar-refractivity contribution in [3.05, 3.63) is 23.3 Å². The average molecular weight is 212 g/mol. The highest BCUT2D eigenvalue weighted by atomic mass is 16.5. The minimum atomic E-state index is -0.202. The number of aliphatic hydroxyl groups is 1. The molecule has 0 heterocycles. The number of hydrogen-bond donors (Lipinski definition) is 1. The van der Waals surface area contributed by atoms with Gasteiger partial charge in [0, 0.05) is 0 Å². The molecular weight excluding hydrogens is 192 g/mol. The molecule has 0 saturated heterocycles. The maximum absolute atomic E-state index is 10.9. The molecule has 0 amide bonds. The van der Waals surface area contributed by atoms with E-state index in [0.717, 1.165) is 18.4 Å². The van der Waals surface area contributed by atoms with Crippen LogP contribution in [0, 0.1) is 0 Å². The molecule has 0 aliphatic rings. The zero-order valence-corrected chi connectivity index (χ0v) is 9.75. The van der Waals surface area contributed by atoms with E-state index in [2.05, 4.69) is 4.74 Å². The number of ether oxygens (including phenoxy) is 1. The second kappa shape index (κ2) is 8.24. The predicted molar refractivity (Wildman–Crippen MR) is 60.5 cm³/mol. The van der Waals surface area contributed by atoms with Crippen molar-refractivity contribution in [3.63, 3.8) is 0 Å². The van der Waals surface area contributed by atoms with E-state index < -0.39 is 0 Å². The zero-order chi connectivity index (χ0) is 11.7. The van der Waals surface area contributed by atoms with Crippen molar-refractivity contribution >= 4 is 5.97 Å². The normalized spacial score (nSPS) is 12.8. The molecule has 0 rings (SSSR count). The van der Waals surface area contributed by atoms with E-state index in [-0.39, 0.29) is 12.6 Å². The van der Waals surface area contributed by atoms with E-state index in [0.29, 0.717) is 6.42 Å². The third-order valence-electron chi connectivity index (χ3n) is 2.12. The molecule has 0 fully saturated rings. The number of hydrogen-bond acceptors (Lipinski definition) is 3. The molecule has 0 aliphatic carbocycles. The molecule has 15 heavy (non-hydrogen) atoms. The summed E-state index contributed by atoms with van der Waals surface area (Å²) in [5, 5.41) is 8.64. The first-order chi connectivity index (χ1) is 7.10. The highest BCUT2D eigenvalue weighted by Crippen LogP contribution is 2.08. The lowest BCUT2D eigenvalue weighted by Gasteiger charge is -2.00. The Bertz CT molecular complexity index is 252. The van der Waals surface area contributed by atoms with Crippen LogP contribution in [0.4, 0.5) is 0 Å². The number of methoxy groups -OCH3 is 1. The Labute approximate surface area is 91.4 Å². The van der Waals surface area contributed by atoms with Crippen LogP contribution < -0.4 is 0 Å². The Kier molecular flexibility index (Phi) is 7.64. The Morgan fingerprint density at radius 3 is 2.47 bits per heavy atom. The van der Waals surface area contributed by atoms with Gasteiger partial charge in [-0.25, -0.2) is 0 Å². The summed E-state index contributed by atoms with van der Waals surface area (Å²) in [5.41, 5.74) is 2.19. The van der Waals surface area contributed by atoms with Crippen molar-refractivity contribution in [2.24, 2.45) is 0 Å². The van der Waals surface area contributed by atoms with Crippen LogP contribution in [0.5, 0.6) is 0 Å². The second-order valence-corrected chi connectivity index (χ2v) is 3.58. The minimum absolute atomic E-state index is 0.0939. The molecule has 0 radical (unpaired) electrons. The molecule has 0 aromatic rings. The predicted octanol–water partition coefficient (Wildman–Crippen LogP) is 2.21. The summed E-state index contributed by atoms with van der Waals surface area (Å²) in [5.74, 6) is -0.202. The zero-order valence-electron chi connectivity index (χ0n) is 9.75. The summed E-state index contributed by atoms with van der Waals surface area (Å²) >= 11 is 0. The van der Waals surface area contributed by atoms with Crippen LogP contribution in [0.1, 0.15) is 33.1 Å². The molecule has 0 unspecified atom stereocenters. The lowest BCUT2D eigenvalue weighted by atomic mass is 10.1. The maximum atomic E-state index is 10.9. The van der Waals surface area contributed by atoms with Gasteiger partial charge in [0.15, 0.2) is 0 Å². The lowest BCUT2D eigenvalue weighted by Crippen LogP contribution is -2.00. The molecule has 3 heteroatoms. The van der Waals surface area contributed by atoms with E-state index in [1.165, 1.54) is 12.7 Å². The monoisotopic (exact) mass is 212 g/mol. The Morgan fingerprint density at radius 1 is 1.27 bits per heavy atom. The summed E-state index contributed by atoms with van der Waals surface area (Å²) in [6.45, 7) is 4.00. The van der Waals surface area contributed by atoms with E-state index >= 15 is 0 Å². The van der Waals surface area contributed by atoms with Gasteiger partial charge in [-0.1, -0.05) is 23.3 Å². The minimum Gasteiger partial charge on any atom is -0.469 e. The van der Waals surface area contributed by atoms with Crippen LogP contribution in [0.2, 0.25) is 0 Å². The number of esters is 1. The molecule has 86 valence electrons. The quantitative estimate of drug-likeness (QED) is 0.542. The SMILES string of the molecule is COC(=O)CC(C)=CCC/C(C)=C/CO. The fourth-order valence-electron chi connectivity index (χ4n) is 1.18. The Balaban J connectivity index is 3.86. The molecule has 3 nitrogen and oxygen atoms in total. The standard InChI is InChI=1S/C12H20O3/c1-10(7-8-13)5-4-6-11(2)9-12(14)15-3/h6-7,13H,4-5,8-9H2,1-3H3/b10-7+,11-6?. The number of carbonyl (C=O) groups is 1. The first-order valence-electron chi connectivity index (χ1n) is 5.09. The van der Waals surface area contributed by atoms with Gasteiger partial charge in [0.2, 0.25) is 0 Å². The Morgan fingerprint density at radius 2 is 1.93 bits per heavy atom. The van der Waals surface area contributed by atoms with Crippen LogP contribution in [0.15, 0.2) is 23.3 Å². The fraction of sp³-hybridized carbons (Fsp3) is 0.583. The highest BCUT2D eigenvalue weighted by Gasteiger charge is 2.00. The lowest BCUT2D eigenvalue weighted by molar-refractivity contribution is -0.139. The van der Waals surface area contributed by atoms with Gasteiger partial charge in [-0.15, -0.1) is 0 Å². The average Bonchev–Trinajstić information content (AvgIpc) is 2.18. The first-order valence-corrected chi connectivity index (χ1v) is 5.09. The van der Waals surface area contributed by atoms with Gasteiger partial charge >= 0.3 is 5.97 Å². The van der Waals surface area contributed by atoms with Gasteiger partial charge in [-0.05, 0) is 26.7 Å². The molecule has 1 N–H and O–H groups in total. The van der Waals surface area contributed by atoms with Crippen LogP contribution in [0.25, 0.3) is 0 Å². The summed E-state index contributed by atoms with van der Waals surface area (Å²) in [7, 11) is 1.39. The molecule has 0 saturated carbocycles. The topological polar surface area (TPSA) is 46.5 Å². The van der Waals surface area contributed by atoms with E-state index in [1.807, 2.05) is 19.9 Å². The summed E-state index contributed by atoms with van der Waals surface area (Å²) in [6, 6.07) is 0. The van der Waals surface area contributed by atoms with Crippen molar-refractivity contribution in [2.45, 2.75) is 33.1 Å². The molecule has 0 aromatic heterocycles. The Hall–Kier alpha value is -1.09. The van der Waals surface area contributed by atoms with E-state index in [1.54, 1.807) is 6.08 Å². The number of carbonyl (C=O) groups excluding carboxylic acids is 1. The van der Waals surface area contributed by atoms with Crippen LogP contribution in [0.3, 0.4) is 0 Å². The summed E-state index contributed by atoms with van der Waals surface area (Å²) < 4.78 is 4.56.